The molecule has 0 amide bonds. The summed E-state index contributed by atoms with van der Waals surface area (Å²) in [4.78, 5) is 0.0609. The molecule has 0 atom stereocenters. The van der Waals surface area contributed by atoms with Gasteiger partial charge in [-0.3, -0.25) is 0 Å². The van der Waals surface area contributed by atoms with Crippen LogP contribution in [0.1, 0.15) is 6.92 Å². The molecule has 0 bridgehead atoms. The normalized spacial score (nSPS) is 17.6. The molecule has 19 heavy (non-hydrogen) atoms. The van der Waals surface area contributed by atoms with E-state index in [0.717, 1.165) is 0 Å². The first-order chi connectivity index (χ1) is 8.84. The standard InChI is InChI=1S/C12H18N2O4S/c1-12(7-18-8-12)6-14-10-5-9(19(13,15)16)3-4-11(10)17-2/h3-5,14H,6-8H2,1-2H3,(H2,13,15,16). The molecule has 1 heterocycles. The van der Waals surface area contributed by atoms with E-state index in [-0.39, 0.29) is 10.3 Å². The van der Waals surface area contributed by atoms with Crippen LogP contribution in [0.3, 0.4) is 0 Å². The van der Waals surface area contributed by atoms with Crippen LogP contribution in [0.4, 0.5) is 5.69 Å². The van der Waals surface area contributed by atoms with Gasteiger partial charge in [-0.2, -0.15) is 0 Å². The predicted octanol–water partition coefficient (Wildman–Crippen LogP) is 0.791. The highest BCUT2D eigenvalue weighted by molar-refractivity contribution is 7.89. The molecule has 1 saturated heterocycles. The maximum absolute atomic E-state index is 11.3. The fraction of sp³-hybridized carbons (Fsp3) is 0.500. The van der Waals surface area contributed by atoms with Gasteiger partial charge in [0, 0.05) is 12.0 Å². The topological polar surface area (TPSA) is 90.7 Å². The van der Waals surface area contributed by atoms with Crippen molar-refractivity contribution in [2.75, 3.05) is 32.2 Å². The SMILES string of the molecule is COc1ccc(S(N)(=O)=O)cc1NCC1(C)COC1. The first-order valence-corrected chi connectivity index (χ1v) is 7.41. The number of ether oxygens (including phenoxy) is 2. The van der Waals surface area contributed by atoms with E-state index in [0.29, 0.717) is 31.2 Å². The maximum Gasteiger partial charge on any atom is 0.238 e. The van der Waals surface area contributed by atoms with Gasteiger partial charge in [0.15, 0.2) is 0 Å². The molecule has 0 unspecified atom stereocenters. The minimum absolute atomic E-state index is 0.0609. The van der Waals surface area contributed by atoms with Gasteiger partial charge >= 0.3 is 0 Å². The van der Waals surface area contributed by atoms with Gasteiger partial charge in [-0.25, -0.2) is 13.6 Å². The zero-order chi connectivity index (χ0) is 14.1. The molecule has 1 aromatic rings. The Labute approximate surface area is 112 Å². The number of benzene rings is 1. The van der Waals surface area contributed by atoms with Crippen LogP contribution in [0.5, 0.6) is 5.75 Å². The lowest BCUT2D eigenvalue weighted by atomic mass is 9.88. The van der Waals surface area contributed by atoms with Gasteiger partial charge in [0.1, 0.15) is 5.75 Å². The monoisotopic (exact) mass is 286 g/mol. The van der Waals surface area contributed by atoms with E-state index in [1.165, 1.54) is 19.2 Å². The summed E-state index contributed by atoms with van der Waals surface area (Å²) in [6, 6.07) is 4.49. The molecule has 0 spiro atoms. The summed E-state index contributed by atoms with van der Waals surface area (Å²) in [7, 11) is -2.18. The van der Waals surface area contributed by atoms with Crippen molar-refractivity contribution in [3.63, 3.8) is 0 Å². The quantitative estimate of drug-likeness (QED) is 0.835. The number of anilines is 1. The molecule has 1 aliphatic heterocycles. The number of hydrogen-bond donors (Lipinski definition) is 2. The fourth-order valence-corrected chi connectivity index (χ4v) is 2.40. The number of nitrogens with two attached hydrogens (primary N) is 1. The predicted molar refractivity (Wildman–Crippen MR) is 71.8 cm³/mol. The van der Waals surface area contributed by atoms with E-state index in [4.69, 9.17) is 14.6 Å². The molecule has 2 rings (SSSR count). The molecule has 1 fully saturated rings. The molecular weight excluding hydrogens is 268 g/mol. The van der Waals surface area contributed by atoms with Crippen LogP contribution in [-0.2, 0) is 14.8 Å². The smallest absolute Gasteiger partial charge is 0.238 e. The molecule has 0 aliphatic carbocycles. The largest absolute Gasteiger partial charge is 0.495 e. The Morgan fingerprint density at radius 3 is 2.63 bits per heavy atom. The zero-order valence-electron chi connectivity index (χ0n) is 11.0. The average Bonchev–Trinajstić information content (AvgIpc) is 2.32. The average molecular weight is 286 g/mol. The lowest BCUT2D eigenvalue weighted by molar-refractivity contribution is -0.0924. The number of primary sulfonamides is 1. The summed E-state index contributed by atoms with van der Waals surface area (Å²) in [5.74, 6) is 0.580. The Morgan fingerprint density at radius 1 is 1.47 bits per heavy atom. The highest BCUT2D eigenvalue weighted by Gasteiger charge is 2.33. The molecule has 7 heteroatoms. The molecule has 3 N–H and O–H groups in total. The summed E-state index contributed by atoms with van der Waals surface area (Å²) < 4.78 is 33.1. The van der Waals surface area contributed by atoms with E-state index in [2.05, 4.69) is 12.2 Å². The molecule has 0 radical (unpaired) electrons. The van der Waals surface area contributed by atoms with E-state index >= 15 is 0 Å². The summed E-state index contributed by atoms with van der Waals surface area (Å²) in [6.07, 6.45) is 0. The van der Waals surface area contributed by atoms with Gasteiger partial charge in [-0.15, -0.1) is 0 Å². The molecule has 0 saturated carbocycles. The number of hydrogen-bond acceptors (Lipinski definition) is 5. The third-order valence-corrected chi connectivity index (χ3v) is 4.02. The van der Waals surface area contributed by atoms with Crippen molar-refractivity contribution in [3.05, 3.63) is 18.2 Å². The molecule has 0 aromatic heterocycles. The van der Waals surface area contributed by atoms with Gasteiger partial charge < -0.3 is 14.8 Å². The Bertz CT molecular complexity index is 567. The maximum atomic E-state index is 11.3. The fourth-order valence-electron chi connectivity index (χ4n) is 1.86. The first kappa shape index (κ1) is 14.1. The van der Waals surface area contributed by atoms with E-state index < -0.39 is 10.0 Å². The van der Waals surface area contributed by atoms with Crippen molar-refractivity contribution in [2.24, 2.45) is 10.6 Å². The third kappa shape index (κ3) is 3.17. The molecule has 1 aliphatic rings. The van der Waals surface area contributed by atoms with Crippen LogP contribution in [0.15, 0.2) is 23.1 Å². The van der Waals surface area contributed by atoms with Crippen molar-refractivity contribution >= 4 is 15.7 Å². The second-order valence-corrected chi connectivity index (χ2v) is 6.63. The summed E-state index contributed by atoms with van der Waals surface area (Å²) in [5.41, 5.74) is 0.685. The number of rotatable bonds is 5. The van der Waals surface area contributed by atoms with Gasteiger partial charge in [-0.05, 0) is 18.2 Å². The zero-order valence-corrected chi connectivity index (χ0v) is 11.8. The van der Waals surface area contributed by atoms with Crippen molar-refractivity contribution in [1.82, 2.24) is 0 Å². The number of nitrogens with one attached hydrogen (secondary N) is 1. The molecule has 106 valence electrons. The summed E-state index contributed by atoms with van der Waals surface area (Å²) >= 11 is 0. The second kappa shape index (κ2) is 4.99. The molecule has 6 nitrogen and oxygen atoms in total. The summed E-state index contributed by atoms with van der Waals surface area (Å²) in [5, 5.41) is 8.31. The Kier molecular flexibility index (Phi) is 3.71. The van der Waals surface area contributed by atoms with Crippen LogP contribution in [-0.4, -0.2) is 35.3 Å². The van der Waals surface area contributed by atoms with E-state index in [1.807, 2.05) is 0 Å². The third-order valence-electron chi connectivity index (χ3n) is 3.11. The van der Waals surface area contributed by atoms with Crippen LogP contribution in [0.2, 0.25) is 0 Å². The molecular formula is C12H18N2O4S. The van der Waals surface area contributed by atoms with Gasteiger partial charge in [0.05, 0.1) is 30.9 Å². The highest BCUT2D eigenvalue weighted by Crippen LogP contribution is 2.31. The number of methoxy groups -OCH3 is 1. The summed E-state index contributed by atoms with van der Waals surface area (Å²) in [6.45, 7) is 4.16. The minimum Gasteiger partial charge on any atom is -0.495 e. The van der Waals surface area contributed by atoms with Gasteiger partial charge in [0.2, 0.25) is 10.0 Å². The lowest BCUT2D eigenvalue weighted by Crippen LogP contribution is -2.45. The number of sulfonamides is 1. The second-order valence-electron chi connectivity index (χ2n) is 5.06. The Morgan fingerprint density at radius 2 is 2.16 bits per heavy atom. The van der Waals surface area contributed by atoms with Gasteiger partial charge in [-0.1, -0.05) is 6.92 Å². The van der Waals surface area contributed by atoms with Crippen molar-refractivity contribution in [1.29, 1.82) is 0 Å². The van der Waals surface area contributed by atoms with Crippen molar-refractivity contribution in [2.45, 2.75) is 11.8 Å². The van der Waals surface area contributed by atoms with Crippen molar-refractivity contribution in [3.8, 4) is 5.75 Å². The molecule has 1 aromatic carbocycles. The Hall–Kier alpha value is -1.31. The van der Waals surface area contributed by atoms with Crippen LogP contribution >= 0.6 is 0 Å². The first-order valence-electron chi connectivity index (χ1n) is 5.87. The highest BCUT2D eigenvalue weighted by atomic mass is 32.2. The van der Waals surface area contributed by atoms with Crippen molar-refractivity contribution < 1.29 is 17.9 Å². The van der Waals surface area contributed by atoms with Crippen LogP contribution in [0, 0.1) is 5.41 Å². The van der Waals surface area contributed by atoms with E-state index in [9.17, 15) is 8.42 Å². The van der Waals surface area contributed by atoms with E-state index in [1.54, 1.807) is 6.07 Å². The van der Waals surface area contributed by atoms with Gasteiger partial charge in [0.25, 0.3) is 0 Å². The van der Waals surface area contributed by atoms with Crippen LogP contribution in [0.25, 0.3) is 0 Å². The minimum atomic E-state index is -3.72. The van der Waals surface area contributed by atoms with Crippen LogP contribution < -0.4 is 15.2 Å². The lowest BCUT2D eigenvalue weighted by Gasteiger charge is -2.38. The Balaban J connectivity index is 2.21.